The van der Waals surface area contributed by atoms with Gasteiger partial charge in [0.05, 0.1) is 5.41 Å². The molecular weight excluding hydrogens is 218 g/mol. The molecule has 0 spiro atoms. The first-order valence-electron chi connectivity index (χ1n) is 5.37. The van der Waals surface area contributed by atoms with E-state index in [4.69, 9.17) is 5.73 Å². The van der Waals surface area contributed by atoms with Gasteiger partial charge in [-0.05, 0) is 30.0 Å². The standard InChI is InChI=1S/C13H13NO3/c14-11(15)6-5-9-3-1-2-4-10(9)13(7-8-13)12(16)17/h1-6H,7-8H2,(H2,14,15)(H,16,17). The molecule has 0 aromatic heterocycles. The second-order valence-electron chi connectivity index (χ2n) is 4.21. The van der Waals surface area contributed by atoms with Crippen LogP contribution in [0.4, 0.5) is 0 Å². The normalized spacial score (nSPS) is 16.9. The van der Waals surface area contributed by atoms with Crippen molar-refractivity contribution in [3.05, 3.63) is 41.5 Å². The topological polar surface area (TPSA) is 80.4 Å². The lowest BCUT2D eigenvalue weighted by atomic mass is 9.91. The lowest BCUT2D eigenvalue weighted by molar-refractivity contribution is -0.140. The molecule has 1 aromatic carbocycles. The quantitative estimate of drug-likeness (QED) is 0.766. The van der Waals surface area contributed by atoms with Gasteiger partial charge in [0.1, 0.15) is 0 Å². The van der Waals surface area contributed by atoms with Gasteiger partial charge in [-0.3, -0.25) is 9.59 Å². The van der Waals surface area contributed by atoms with Gasteiger partial charge in [-0.25, -0.2) is 0 Å². The van der Waals surface area contributed by atoms with Crippen LogP contribution >= 0.6 is 0 Å². The maximum absolute atomic E-state index is 11.3. The largest absolute Gasteiger partial charge is 0.481 e. The number of carboxylic acid groups (broad SMARTS) is 1. The fourth-order valence-corrected chi connectivity index (χ4v) is 1.97. The fourth-order valence-electron chi connectivity index (χ4n) is 1.97. The molecule has 0 aliphatic heterocycles. The van der Waals surface area contributed by atoms with E-state index in [1.54, 1.807) is 24.3 Å². The van der Waals surface area contributed by atoms with E-state index in [-0.39, 0.29) is 0 Å². The van der Waals surface area contributed by atoms with Crippen LogP contribution in [0.3, 0.4) is 0 Å². The maximum atomic E-state index is 11.3. The molecule has 1 aromatic rings. The number of carbonyl (C=O) groups is 2. The molecule has 17 heavy (non-hydrogen) atoms. The Morgan fingerprint density at radius 1 is 1.29 bits per heavy atom. The minimum absolute atomic E-state index is 0.542. The summed E-state index contributed by atoms with van der Waals surface area (Å²) in [6, 6.07) is 7.20. The summed E-state index contributed by atoms with van der Waals surface area (Å²) in [5, 5.41) is 9.24. The molecule has 1 fully saturated rings. The Labute approximate surface area is 98.7 Å². The molecule has 4 heteroatoms. The van der Waals surface area contributed by atoms with Gasteiger partial charge in [0.15, 0.2) is 0 Å². The third kappa shape index (κ3) is 2.06. The fraction of sp³-hybridized carbons (Fsp3) is 0.231. The van der Waals surface area contributed by atoms with Gasteiger partial charge >= 0.3 is 5.97 Å². The van der Waals surface area contributed by atoms with E-state index in [9.17, 15) is 14.7 Å². The Kier molecular flexibility index (Phi) is 2.71. The molecule has 1 aliphatic rings. The molecule has 2 rings (SSSR count). The highest BCUT2D eigenvalue weighted by Crippen LogP contribution is 2.49. The summed E-state index contributed by atoms with van der Waals surface area (Å²) >= 11 is 0. The number of nitrogens with two attached hydrogens (primary N) is 1. The van der Waals surface area contributed by atoms with Gasteiger partial charge in [-0.15, -0.1) is 0 Å². The lowest BCUT2D eigenvalue weighted by Crippen LogP contribution is -2.20. The first-order chi connectivity index (χ1) is 8.06. The zero-order valence-electron chi connectivity index (χ0n) is 9.22. The van der Waals surface area contributed by atoms with Gasteiger partial charge in [-0.2, -0.15) is 0 Å². The molecule has 0 heterocycles. The van der Waals surface area contributed by atoms with Gasteiger partial charge in [0.2, 0.25) is 5.91 Å². The van der Waals surface area contributed by atoms with Crippen LogP contribution in [0.2, 0.25) is 0 Å². The number of amides is 1. The molecule has 88 valence electrons. The highest BCUT2D eigenvalue weighted by Gasteiger charge is 2.52. The van der Waals surface area contributed by atoms with Crippen molar-refractivity contribution in [2.75, 3.05) is 0 Å². The average Bonchev–Trinajstić information content (AvgIpc) is 3.08. The van der Waals surface area contributed by atoms with Crippen LogP contribution in [0.15, 0.2) is 30.3 Å². The number of primary amides is 1. The highest BCUT2D eigenvalue weighted by atomic mass is 16.4. The van der Waals surface area contributed by atoms with E-state index >= 15 is 0 Å². The number of hydrogen-bond donors (Lipinski definition) is 2. The van der Waals surface area contributed by atoms with E-state index in [1.807, 2.05) is 6.07 Å². The summed E-state index contributed by atoms with van der Waals surface area (Å²) in [7, 11) is 0. The molecule has 0 saturated heterocycles. The minimum Gasteiger partial charge on any atom is -0.481 e. The smallest absolute Gasteiger partial charge is 0.314 e. The van der Waals surface area contributed by atoms with Gasteiger partial charge in [-0.1, -0.05) is 24.3 Å². The second-order valence-corrected chi connectivity index (χ2v) is 4.21. The molecule has 4 nitrogen and oxygen atoms in total. The molecule has 0 atom stereocenters. The number of hydrogen-bond acceptors (Lipinski definition) is 2. The molecular formula is C13H13NO3. The maximum Gasteiger partial charge on any atom is 0.314 e. The molecule has 3 N–H and O–H groups in total. The van der Waals surface area contributed by atoms with Crippen LogP contribution in [-0.4, -0.2) is 17.0 Å². The van der Waals surface area contributed by atoms with Crippen LogP contribution in [-0.2, 0) is 15.0 Å². The second kappa shape index (κ2) is 4.05. The number of rotatable bonds is 4. The number of benzene rings is 1. The molecule has 1 amide bonds. The zero-order chi connectivity index (χ0) is 12.5. The van der Waals surface area contributed by atoms with Crippen LogP contribution in [0.25, 0.3) is 6.08 Å². The molecule has 1 aliphatic carbocycles. The monoisotopic (exact) mass is 231 g/mol. The number of aliphatic carboxylic acids is 1. The molecule has 0 radical (unpaired) electrons. The van der Waals surface area contributed by atoms with E-state index in [2.05, 4.69) is 0 Å². The van der Waals surface area contributed by atoms with E-state index in [1.165, 1.54) is 6.08 Å². The zero-order valence-corrected chi connectivity index (χ0v) is 9.22. The van der Waals surface area contributed by atoms with Crippen LogP contribution in [0.1, 0.15) is 24.0 Å². The molecule has 0 bridgehead atoms. The SMILES string of the molecule is NC(=O)C=Cc1ccccc1C1(C(=O)O)CC1. The average molecular weight is 231 g/mol. The summed E-state index contributed by atoms with van der Waals surface area (Å²) in [5.41, 5.74) is 5.76. The first-order valence-corrected chi connectivity index (χ1v) is 5.37. The highest BCUT2D eigenvalue weighted by molar-refractivity contribution is 5.92. The minimum atomic E-state index is -0.808. The Bertz CT molecular complexity index is 501. The van der Waals surface area contributed by atoms with E-state index in [0.717, 1.165) is 11.1 Å². The summed E-state index contributed by atoms with van der Waals surface area (Å²) < 4.78 is 0. The Hall–Kier alpha value is -2.10. The summed E-state index contributed by atoms with van der Waals surface area (Å²) in [4.78, 5) is 22.0. The van der Waals surface area contributed by atoms with Crippen molar-refractivity contribution in [1.82, 2.24) is 0 Å². The molecule has 0 unspecified atom stereocenters. The Morgan fingerprint density at radius 3 is 2.47 bits per heavy atom. The summed E-state index contributed by atoms with van der Waals surface area (Å²) in [6.45, 7) is 0. The van der Waals surface area contributed by atoms with Crippen molar-refractivity contribution in [2.24, 2.45) is 5.73 Å². The van der Waals surface area contributed by atoms with Gasteiger partial charge < -0.3 is 10.8 Å². The predicted molar refractivity (Wildman–Crippen MR) is 63.2 cm³/mol. The van der Waals surface area contributed by atoms with Gasteiger partial charge in [0.25, 0.3) is 0 Å². The van der Waals surface area contributed by atoms with E-state index in [0.29, 0.717) is 12.8 Å². The van der Waals surface area contributed by atoms with E-state index < -0.39 is 17.3 Å². The van der Waals surface area contributed by atoms with Crippen molar-refractivity contribution >= 4 is 18.0 Å². The third-order valence-electron chi connectivity index (χ3n) is 3.06. The predicted octanol–water partition coefficient (Wildman–Crippen LogP) is 1.30. The summed E-state index contributed by atoms with van der Waals surface area (Å²) in [6.07, 6.45) is 4.10. The van der Waals surface area contributed by atoms with Gasteiger partial charge in [0, 0.05) is 6.08 Å². The molecule has 1 saturated carbocycles. The number of carboxylic acids is 1. The van der Waals surface area contributed by atoms with Crippen molar-refractivity contribution in [2.45, 2.75) is 18.3 Å². The number of carbonyl (C=O) groups excluding carboxylic acids is 1. The van der Waals surface area contributed by atoms with Crippen molar-refractivity contribution in [3.8, 4) is 0 Å². The van der Waals surface area contributed by atoms with Crippen molar-refractivity contribution in [3.63, 3.8) is 0 Å². The van der Waals surface area contributed by atoms with Crippen molar-refractivity contribution < 1.29 is 14.7 Å². The lowest BCUT2D eigenvalue weighted by Gasteiger charge is -2.13. The first kappa shape index (κ1) is 11.4. The summed E-state index contributed by atoms with van der Waals surface area (Å²) in [5.74, 6) is -1.35. The Morgan fingerprint density at radius 2 is 1.94 bits per heavy atom. The Balaban J connectivity index is 2.42. The van der Waals surface area contributed by atoms with Crippen LogP contribution in [0, 0.1) is 0 Å². The van der Waals surface area contributed by atoms with Crippen LogP contribution < -0.4 is 5.73 Å². The van der Waals surface area contributed by atoms with Crippen molar-refractivity contribution in [1.29, 1.82) is 0 Å². The van der Waals surface area contributed by atoms with Crippen LogP contribution in [0.5, 0.6) is 0 Å². The third-order valence-corrected chi connectivity index (χ3v) is 3.06.